The van der Waals surface area contributed by atoms with Gasteiger partial charge in [0.25, 0.3) is 0 Å². The van der Waals surface area contributed by atoms with Crippen LogP contribution in [0.15, 0.2) is 0 Å². The molecule has 0 saturated heterocycles. The number of nitrogens with zero attached hydrogens (tertiary/aromatic N) is 1. The third kappa shape index (κ3) is 16.1. The summed E-state index contributed by atoms with van der Waals surface area (Å²) in [6, 6.07) is 0. The zero-order chi connectivity index (χ0) is 20.5. The summed E-state index contributed by atoms with van der Waals surface area (Å²) in [7, 11) is 0. The van der Waals surface area contributed by atoms with Gasteiger partial charge in [-0.25, -0.2) is 0 Å². The maximum atomic E-state index is 11.5. The van der Waals surface area contributed by atoms with Crippen molar-refractivity contribution >= 4 is 33.8 Å². The van der Waals surface area contributed by atoms with Gasteiger partial charge in [0, 0.05) is 19.5 Å². The lowest BCUT2D eigenvalue weighted by atomic mass is 10.2. The number of halogens is 1. The molecule has 0 saturated carbocycles. The van der Waals surface area contributed by atoms with Crippen molar-refractivity contribution in [2.24, 2.45) is 0 Å². The lowest BCUT2D eigenvalue weighted by molar-refractivity contribution is -0.153. The lowest BCUT2D eigenvalue weighted by Gasteiger charge is -2.19. The van der Waals surface area contributed by atoms with Gasteiger partial charge in [0.1, 0.15) is 17.5 Å². The first-order valence-corrected chi connectivity index (χ1v) is 9.81. The zero-order valence-corrected chi connectivity index (χ0v) is 18.7. The number of esters is 2. The zero-order valence-electron chi connectivity index (χ0n) is 17.1. The highest BCUT2D eigenvalue weighted by atomic mass is 79.9. The molecule has 0 bridgehead atoms. The van der Waals surface area contributed by atoms with E-state index >= 15 is 0 Å². The average Bonchev–Trinajstić information content (AvgIpc) is 2.61. The molecule has 0 atom stereocenters. The minimum atomic E-state index is -0.751. The normalized spacial score (nSPS) is 9.64. The molecule has 0 aromatic heterocycles. The first-order chi connectivity index (χ1) is 11.7. The molecule has 25 heavy (non-hydrogen) atoms. The Morgan fingerprint density at radius 2 is 1.44 bits per heavy atom. The van der Waals surface area contributed by atoms with E-state index in [2.05, 4.69) is 15.9 Å². The fourth-order valence-corrected chi connectivity index (χ4v) is 1.56. The molecule has 0 radical (unpaired) electrons. The van der Waals surface area contributed by atoms with Gasteiger partial charge in [-0.3, -0.25) is 14.4 Å². The molecule has 0 N–H and O–H groups in total. The standard InChI is InChI=1S/C14H24BrNO5.2C2H6/c1-5-11(17)16(6-2)8-7-12(18)20-9-10-21-13(19)14(3,4)15;2*1-2/h5-10H2,1-4H3;2*1-2H3. The van der Waals surface area contributed by atoms with Gasteiger partial charge in [-0.15, -0.1) is 0 Å². The van der Waals surface area contributed by atoms with Gasteiger partial charge in [-0.1, -0.05) is 50.5 Å². The van der Waals surface area contributed by atoms with Crippen molar-refractivity contribution in [3.05, 3.63) is 0 Å². The highest BCUT2D eigenvalue weighted by Crippen LogP contribution is 2.17. The van der Waals surface area contributed by atoms with Crippen LogP contribution >= 0.6 is 15.9 Å². The van der Waals surface area contributed by atoms with Gasteiger partial charge < -0.3 is 14.4 Å². The molecular weight excluding hydrogens is 390 g/mol. The van der Waals surface area contributed by atoms with Crippen LogP contribution in [-0.4, -0.2) is 53.4 Å². The number of ether oxygens (including phenoxy) is 2. The number of hydrogen-bond acceptors (Lipinski definition) is 5. The number of amides is 1. The fourth-order valence-electron chi connectivity index (χ4n) is 1.44. The molecule has 7 heteroatoms. The molecule has 6 nitrogen and oxygen atoms in total. The largest absolute Gasteiger partial charge is 0.462 e. The highest BCUT2D eigenvalue weighted by molar-refractivity contribution is 9.10. The Morgan fingerprint density at radius 3 is 1.84 bits per heavy atom. The van der Waals surface area contributed by atoms with E-state index in [1.807, 2.05) is 34.6 Å². The molecule has 0 rings (SSSR count). The van der Waals surface area contributed by atoms with Crippen molar-refractivity contribution in [3.8, 4) is 0 Å². The van der Waals surface area contributed by atoms with Gasteiger partial charge in [-0.2, -0.15) is 0 Å². The van der Waals surface area contributed by atoms with Gasteiger partial charge >= 0.3 is 11.9 Å². The SMILES string of the molecule is CC.CC.CCC(=O)N(CC)CCC(=O)OCCOC(=O)C(C)(C)Br. The number of carbonyl (C=O) groups excluding carboxylic acids is 3. The first-order valence-electron chi connectivity index (χ1n) is 9.01. The molecule has 0 fully saturated rings. The monoisotopic (exact) mass is 425 g/mol. The van der Waals surface area contributed by atoms with Crippen molar-refractivity contribution in [1.29, 1.82) is 0 Å². The Morgan fingerprint density at radius 1 is 0.960 bits per heavy atom. The van der Waals surface area contributed by atoms with Gasteiger partial charge in [0.2, 0.25) is 5.91 Å². The summed E-state index contributed by atoms with van der Waals surface area (Å²) in [4.78, 5) is 36.0. The van der Waals surface area contributed by atoms with E-state index < -0.39 is 16.3 Å². The average molecular weight is 426 g/mol. The molecule has 0 aliphatic rings. The maximum Gasteiger partial charge on any atom is 0.322 e. The summed E-state index contributed by atoms with van der Waals surface area (Å²) in [5, 5.41) is 0. The van der Waals surface area contributed by atoms with Gasteiger partial charge in [-0.05, 0) is 20.8 Å². The second-order valence-electron chi connectivity index (χ2n) is 4.91. The Bertz CT molecular complexity index is 367. The summed E-state index contributed by atoms with van der Waals surface area (Å²) < 4.78 is 9.12. The first kappa shape index (κ1) is 28.7. The summed E-state index contributed by atoms with van der Waals surface area (Å²) in [6.45, 7) is 15.9. The molecule has 0 aromatic rings. The third-order valence-corrected chi connectivity index (χ3v) is 3.01. The van der Waals surface area contributed by atoms with Crippen molar-refractivity contribution in [3.63, 3.8) is 0 Å². The fraction of sp³-hybridized carbons (Fsp3) is 0.833. The predicted octanol–water partition coefficient (Wildman–Crippen LogP) is 3.95. The van der Waals surface area contributed by atoms with E-state index in [0.29, 0.717) is 19.5 Å². The van der Waals surface area contributed by atoms with E-state index in [0.717, 1.165) is 0 Å². The second kappa shape index (κ2) is 17.7. The minimum Gasteiger partial charge on any atom is -0.462 e. The number of rotatable bonds is 9. The third-order valence-electron chi connectivity index (χ3n) is 2.69. The molecule has 1 amide bonds. The number of alkyl halides is 1. The summed E-state index contributed by atoms with van der Waals surface area (Å²) in [6.07, 6.45) is 0.554. The Balaban J connectivity index is -0.00000112. The topological polar surface area (TPSA) is 72.9 Å². The summed E-state index contributed by atoms with van der Waals surface area (Å²) in [5.41, 5.74) is 0. The predicted molar refractivity (Wildman–Crippen MR) is 105 cm³/mol. The van der Waals surface area contributed by atoms with Gasteiger partial charge in [0.05, 0.1) is 6.42 Å². The Hall–Kier alpha value is -1.11. The minimum absolute atomic E-state index is 0.0128. The van der Waals surface area contributed by atoms with Crippen LogP contribution in [0.2, 0.25) is 0 Å². The van der Waals surface area contributed by atoms with Crippen molar-refractivity contribution < 1.29 is 23.9 Å². The van der Waals surface area contributed by atoms with E-state index in [9.17, 15) is 14.4 Å². The van der Waals surface area contributed by atoms with Crippen LogP contribution in [-0.2, 0) is 23.9 Å². The van der Waals surface area contributed by atoms with Crippen LogP contribution in [0.5, 0.6) is 0 Å². The molecule has 0 aromatic carbocycles. The molecule has 0 aliphatic carbocycles. The lowest BCUT2D eigenvalue weighted by Crippen LogP contribution is -2.32. The molecule has 0 spiro atoms. The van der Waals surface area contributed by atoms with Crippen LogP contribution in [0.1, 0.15) is 68.2 Å². The quantitative estimate of drug-likeness (QED) is 0.317. The maximum absolute atomic E-state index is 11.5. The molecule has 0 aliphatic heterocycles. The van der Waals surface area contributed by atoms with Crippen LogP contribution in [0.25, 0.3) is 0 Å². The molecular formula is C18H36BrNO5. The molecule has 150 valence electrons. The van der Waals surface area contributed by atoms with E-state index in [1.54, 1.807) is 25.7 Å². The Labute approximate surface area is 161 Å². The van der Waals surface area contributed by atoms with Crippen LogP contribution < -0.4 is 0 Å². The molecule has 0 unspecified atom stereocenters. The number of hydrogen-bond donors (Lipinski definition) is 0. The smallest absolute Gasteiger partial charge is 0.322 e. The van der Waals surface area contributed by atoms with E-state index in [1.165, 1.54) is 0 Å². The second-order valence-corrected chi connectivity index (χ2v) is 6.89. The van der Waals surface area contributed by atoms with E-state index in [4.69, 9.17) is 9.47 Å². The van der Waals surface area contributed by atoms with E-state index in [-0.39, 0.29) is 25.5 Å². The van der Waals surface area contributed by atoms with Crippen molar-refractivity contribution in [1.82, 2.24) is 4.90 Å². The van der Waals surface area contributed by atoms with Gasteiger partial charge in [0.15, 0.2) is 0 Å². The van der Waals surface area contributed by atoms with Crippen LogP contribution in [0.3, 0.4) is 0 Å². The summed E-state index contributed by atoms with van der Waals surface area (Å²) in [5.74, 6) is -0.811. The number of carbonyl (C=O) groups is 3. The van der Waals surface area contributed by atoms with Crippen LogP contribution in [0, 0.1) is 0 Å². The van der Waals surface area contributed by atoms with Crippen molar-refractivity contribution in [2.45, 2.75) is 72.6 Å². The van der Waals surface area contributed by atoms with Crippen molar-refractivity contribution in [2.75, 3.05) is 26.3 Å². The highest BCUT2D eigenvalue weighted by Gasteiger charge is 2.25. The molecule has 0 heterocycles. The van der Waals surface area contributed by atoms with Crippen LogP contribution in [0.4, 0.5) is 0 Å². The Kier molecular flexibility index (Phi) is 20.3. The summed E-state index contributed by atoms with van der Waals surface area (Å²) >= 11 is 3.17.